The van der Waals surface area contributed by atoms with Crippen molar-refractivity contribution in [1.82, 2.24) is 0 Å². The Morgan fingerprint density at radius 3 is 1.32 bits per heavy atom. The minimum absolute atomic E-state index is 0.216. The Bertz CT molecular complexity index is 1180. The molecule has 0 amide bonds. The van der Waals surface area contributed by atoms with Crippen LogP contribution in [-0.2, 0) is 0 Å². The zero-order valence-electron chi connectivity index (χ0n) is 24.2. The predicted molar refractivity (Wildman–Crippen MR) is 154 cm³/mol. The molecule has 2 N–H and O–H groups in total. The quantitative estimate of drug-likeness (QED) is 0.423. The van der Waals surface area contributed by atoms with Gasteiger partial charge in [-0.3, -0.25) is 0 Å². The largest absolute Gasteiger partial charge is 0.506 e. The summed E-state index contributed by atoms with van der Waals surface area (Å²) in [5.74, 6) is 3.10. The van der Waals surface area contributed by atoms with Gasteiger partial charge in [-0.1, -0.05) is 65.4 Å². The van der Waals surface area contributed by atoms with Crippen LogP contribution in [0.25, 0.3) is 0 Å². The molecule has 3 heteroatoms. The Balaban J connectivity index is 1.38. The molecule has 2 aromatic rings. The molecule has 37 heavy (non-hydrogen) atoms. The lowest BCUT2D eigenvalue weighted by atomic mass is 9.65. The van der Waals surface area contributed by atoms with Gasteiger partial charge in [0.25, 0.3) is 0 Å². The van der Waals surface area contributed by atoms with E-state index in [-0.39, 0.29) is 10.8 Å². The number of fused-ring (bicyclic) bond motifs is 4. The fourth-order valence-electron chi connectivity index (χ4n) is 9.70. The summed E-state index contributed by atoms with van der Waals surface area (Å²) in [6, 6.07) is 8.67. The van der Waals surface area contributed by atoms with E-state index >= 15 is 0 Å². The van der Waals surface area contributed by atoms with Gasteiger partial charge in [0.15, 0.2) is 0 Å². The summed E-state index contributed by atoms with van der Waals surface area (Å²) in [5.41, 5.74) is 5.65. The number of hydrogen-bond donors (Lipinski definition) is 2. The molecular weight excluding hydrogens is 472 g/mol. The molecular formula is C34H46O2S. The smallest absolute Gasteiger partial charge is 0.133 e. The first-order valence-electron chi connectivity index (χ1n) is 14.6. The lowest BCUT2D eigenvalue weighted by molar-refractivity contribution is 0.133. The summed E-state index contributed by atoms with van der Waals surface area (Å²) in [5, 5.41) is 23.4. The maximum Gasteiger partial charge on any atom is 0.133 e. The van der Waals surface area contributed by atoms with Crippen LogP contribution < -0.4 is 0 Å². The lowest BCUT2D eigenvalue weighted by Gasteiger charge is -2.40. The van der Waals surface area contributed by atoms with Gasteiger partial charge in [0.1, 0.15) is 11.5 Å². The predicted octanol–water partition coefficient (Wildman–Crippen LogP) is 9.73. The Morgan fingerprint density at radius 1 is 0.649 bits per heavy atom. The second-order valence-electron chi connectivity index (χ2n) is 14.8. The van der Waals surface area contributed by atoms with Crippen LogP contribution in [0.15, 0.2) is 34.1 Å². The lowest BCUT2D eigenvalue weighted by Crippen LogP contribution is -2.31. The van der Waals surface area contributed by atoms with Gasteiger partial charge in [-0.15, -0.1) is 0 Å². The van der Waals surface area contributed by atoms with Crippen molar-refractivity contribution in [3.63, 3.8) is 0 Å². The Hall–Kier alpha value is -1.61. The van der Waals surface area contributed by atoms with Crippen LogP contribution in [0, 0.1) is 47.3 Å². The molecule has 0 aliphatic heterocycles. The first-order valence-corrected chi connectivity index (χ1v) is 15.4. The van der Waals surface area contributed by atoms with Crippen LogP contribution in [0.3, 0.4) is 0 Å². The maximum atomic E-state index is 11.7. The van der Waals surface area contributed by atoms with E-state index in [0.717, 1.165) is 32.8 Å². The number of aromatic hydroxyl groups is 2. The molecule has 0 heterocycles. The molecule has 200 valence electrons. The van der Waals surface area contributed by atoms with Gasteiger partial charge in [0.2, 0.25) is 0 Å². The van der Waals surface area contributed by atoms with Crippen molar-refractivity contribution in [2.75, 3.05) is 0 Å². The van der Waals surface area contributed by atoms with Crippen molar-refractivity contribution in [3.05, 3.63) is 46.5 Å². The van der Waals surface area contributed by atoms with Gasteiger partial charge in [-0.2, -0.15) is 0 Å². The summed E-state index contributed by atoms with van der Waals surface area (Å²) in [6.45, 7) is 19.0. The fraction of sp³-hybridized carbons (Fsp3) is 0.647. The number of hydrogen-bond acceptors (Lipinski definition) is 3. The topological polar surface area (TPSA) is 40.5 Å². The zero-order valence-corrected chi connectivity index (χ0v) is 25.0. The highest BCUT2D eigenvalue weighted by molar-refractivity contribution is 7.99. The van der Waals surface area contributed by atoms with E-state index in [9.17, 15) is 10.2 Å². The molecule has 0 spiro atoms. The summed E-state index contributed by atoms with van der Waals surface area (Å²) in [7, 11) is 0. The standard InChI is InChI=1S/C34H46O2S/c1-19-13-23(25-17-21-9-11-33(25,7)31(21,3)4)29(35)27(15-19)37-28-16-20(2)14-24(30(28)36)26-18-22-10-12-34(26,8)32(22,5)6/h13-16,21-22,25-26,35-36H,9-12,17-18H2,1-8H3. The second kappa shape index (κ2) is 7.96. The van der Waals surface area contributed by atoms with Crippen LogP contribution in [0.4, 0.5) is 0 Å². The summed E-state index contributed by atoms with van der Waals surface area (Å²) in [4.78, 5) is 1.76. The third kappa shape index (κ3) is 3.31. The van der Waals surface area contributed by atoms with E-state index in [1.165, 1.54) is 49.7 Å². The van der Waals surface area contributed by atoms with E-state index in [2.05, 4.69) is 79.7 Å². The minimum atomic E-state index is 0.216. The molecule has 4 aliphatic carbocycles. The van der Waals surface area contributed by atoms with Crippen molar-refractivity contribution < 1.29 is 10.2 Å². The van der Waals surface area contributed by atoms with Crippen LogP contribution in [-0.4, -0.2) is 10.2 Å². The zero-order chi connectivity index (χ0) is 26.7. The Morgan fingerprint density at radius 2 is 1.03 bits per heavy atom. The number of phenols is 2. The van der Waals surface area contributed by atoms with Gasteiger partial charge < -0.3 is 10.2 Å². The first kappa shape index (κ1) is 25.7. The van der Waals surface area contributed by atoms with E-state index in [4.69, 9.17) is 0 Å². The SMILES string of the molecule is Cc1cc(Sc2cc(C)cc(C3CC4CCC3(C)C4(C)C)c2O)c(O)c(C2CC3CCC2(C)C3(C)C)c1. The molecule has 2 nitrogen and oxygen atoms in total. The fourth-order valence-corrected chi connectivity index (χ4v) is 10.9. The van der Waals surface area contributed by atoms with Crippen molar-refractivity contribution in [3.8, 4) is 11.5 Å². The van der Waals surface area contributed by atoms with Crippen molar-refractivity contribution in [2.24, 2.45) is 33.5 Å². The van der Waals surface area contributed by atoms with Gasteiger partial charge >= 0.3 is 0 Å². The molecule has 6 rings (SSSR count). The number of aryl methyl sites for hydroxylation is 2. The molecule has 2 aromatic carbocycles. The normalized spacial score (nSPS) is 37.0. The molecule has 0 aromatic heterocycles. The Labute approximate surface area is 228 Å². The highest BCUT2D eigenvalue weighted by Crippen LogP contribution is 2.73. The summed E-state index contributed by atoms with van der Waals surface area (Å²) < 4.78 is 0. The average Bonchev–Trinajstić information content (AvgIpc) is 3.35. The highest BCUT2D eigenvalue weighted by atomic mass is 32.2. The molecule has 0 radical (unpaired) electrons. The van der Waals surface area contributed by atoms with Gasteiger partial charge in [-0.05, 0) is 132 Å². The first-order chi connectivity index (χ1) is 17.2. The van der Waals surface area contributed by atoms with Crippen molar-refractivity contribution in [1.29, 1.82) is 0 Å². The third-order valence-corrected chi connectivity index (χ3v) is 14.1. The van der Waals surface area contributed by atoms with Crippen LogP contribution in [0.1, 0.15) is 114 Å². The molecule has 6 atom stereocenters. The second-order valence-corrected chi connectivity index (χ2v) is 15.9. The Kier molecular flexibility index (Phi) is 5.52. The van der Waals surface area contributed by atoms with Crippen molar-refractivity contribution >= 4 is 11.8 Å². The van der Waals surface area contributed by atoms with Gasteiger partial charge in [-0.25, -0.2) is 0 Å². The van der Waals surface area contributed by atoms with E-state index in [0.29, 0.717) is 34.2 Å². The monoisotopic (exact) mass is 518 g/mol. The van der Waals surface area contributed by atoms with Crippen LogP contribution in [0.5, 0.6) is 11.5 Å². The maximum absolute atomic E-state index is 11.7. The van der Waals surface area contributed by atoms with Crippen molar-refractivity contribution in [2.45, 2.75) is 116 Å². The molecule has 4 aliphatic rings. The number of rotatable bonds is 4. The summed E-state index contributed by atoms with van der Waals surface area (Å²) >= 11 is 1.55. The summed E-state index contributed by atoms with van der Waals surface area (Å²) in [6.07, 6.45) is 7.44. The molecule has 6 unspecified atom stereocenters. The van der Waals surface area contributed by atoms with Crippen LogP contribution >= 0.6 is 11.8 Å². The highest BCUT2D eigenvalue weighted by Gasteiger charge is 2.63. The number of phenolic OH excluding ortho intramolecular Hbond substituents is 2. The van der Waals surface area contributed by atoms with Crippen LogP contribution in [0.2, 0.25) is 0 Å². The molecule has 4 bridgehead atoms. The molecule has 4 saturated carbocycles. The molecule has 4 fully saturated rings. The van der Waals surface area contributed by atoms with Gasteiger partial charge in [0, 0.05) is 0 Å². The minimum Gasteiger partial charge on any atom is -0.506 e. The van der Waals surface area contributed by atoms with E-state index < -0.39 is 0 Å². The van der Waals surface area contributed by atoms with E-state index in [1.807, 2.05) is 0 Å². The third-order valence-electron chi connectivity index (χ3n) is 13.1. The number of benzene rings is 2. The average molecular weight is 519 g/mol. The van der Waals surface area contributed by atoms with E-state index in [1.54, 1.807) is 11.8 Å². The molecule has 0 saturated heterocycles. The van der Waals surface area contributed by atoms with Gasteiger partial charge in [0.05, 0.1) is 9.79 Å².